The van der Waals surface area contributed by atoms with Crippen LogP contribution in [0.4, 0.5) is 0 Å². The summed E-state index contributed by atoms with van der Waals surface area (Å²) in [7, 11) is 0. The number of piperidine rings is 1. The first-order valence-corrected chi connectivity index (χ1v) is 7.99. The van der Waals surface area contributed by atoms with E-state index < -0.39 is 0 Å². The summed E-state index contributed by atoms with van der Waals surface area (Å²) in [5.41, 5.74) is 0. The smallest absolute Gasteiger partial charge is 0.227 e. The topological polar surface area (TPSA) is 35.6 Å². The highest BCUT2D eigenvalue weighted by atomic mass is 32.1. The Balaban J connectivity index is 1.54. The third-order valence-electron chi connectivity index (χ3n) is 4.38. The van der Waals surface area contributed by atoms with E-state index in [0.29, 0.717) is 11.9 Å². The highest BCUT2D eigenvalue weighted by molar-refractivity contribution is 7.80. The van der Waals surface area contributed by atoms with Crippen molar-refractivity contribution >= 4 is 23.2 Å². The lowest BCUT2D eigenvalue weighted by atomic mass is 9.97. The van der Waals surface area contributed by atoms with Crippen LogP contribution < -0.4 is 5.32 Å². The van der Waals surface area contributed by atoms with Crippen LogP contribution in [0.1, 0.15) is 38.5 Å². The summed E-state index contributed by atoms with van der Waals surface area (Å²) in [4.78, 5) is 16.7. The van der Waals surface area contributed by atoms with Crippen molar-refractivity contribution < 1.29 is 4.79 Å². The number of thiocarbonyl (C=S) groups is 1. The highest BCUT2D eigenvalue weighted by Gasteiger charge is 2.32. The van der Waals surface area contributed by atoms with Gasteiger partial charge in [-0.3, -0.25) is 4.79 Å². The van der Waals surface area contributed by atoms with E-state index in [1.807, 2.05) is 4.90 Å². The lowest BCUT2D eigenvalue weighted by Crippen LogP contribution is -2.49. The number of likely N-dealkylation sites (tertiary alicyclic amines) is 2. The fourth-order valence-electron chi connectivity index (χ4n) is 3.05. The summed E-state index contributed by atoms with van der Waals surface area (Å²) >= 11 is 5.45. The Labute approximate surface area is 120 Å². The Morgan fingerprint density at radius 1 is 1.00 bits per heavy atom. The molecule has 1 atom stereocenters. The van der Waals surface area contributed by atoms with Gasteiger partial charge in [-0.15, -0.1) is 0 Å². The van der Waals surface area contributed by atoms with Crippen LogP contribution in [0.3, 0.4) is 0 Å². The normalized spacial score (nSPS) is 27.5. The molecule has 3 fully saturated rings. The fraction of sp³-hybridized carbons (Fsp3) is 0.857. The maximum absolute atomic E-state index is 12.4. The summed E-state index contributed by atoms with van der Waals surface area (Å²) in [6.07, 6.45) is 6.93. The molecule has 106 valence electrons. The molecule has 5 heteroatoms. The monoisotopic (exact) mass is 281 g/mol. The fourth-order valence-corrected chi connectivity index (χ4v) is 3.38. The van der Waals surface area contributed by atoms with Crippen LogP contribution in [0.25, 0.3) is 0 Å². The van der Waals surface area contributed by atoms with E-state index in [4.69, 9.17) is 12.2 Å². The van der Waals surface area contributed by atoms with Crippen LogP contribution in [0.5, 0.6) is 0 Å². The van der Waals surface area contributed by atoms with Gasteiger partial charge in [0.05, 0.1) is 5.92 Å². The maximum atomic E-state index is 12.4. The first-order valence-electron chi connectivity index (χ1n) is 7.58. The van der Waals surface area contributed by atoms with E-state index in [9.17, 15) is 4.79 Å². The number of nitrogens with zero attached hydrogens (tertiary/aromatic N) is 2. The molecule has 0 aromatic heterocycles. The minimum Gasteiger partial charge on any atom is -0.360 e. The van der Waals surface area contributed by atoms with Gasteiger partial charge in [0.2, 0.25) is 5.91 Å². The van der Waals surface area contributed by atoms with E-state index in [0.717, 1.165) is 44.1 Å². The van der Waals surface area contributed by atoms with Crippen LogP contribution in [-0.2, 0) is 4.79 Å². The molecule has 3 aliphatic rings. The second kappa shape index (κ2) is 5.65. The number of rotatable bonds is 2. The van der Waals surface area contributed by atoms with E-state index in [1.165, 1.54) is 25.7 Å². The second-order valence-corrected chi connectivity index (χ2v) is 6.43. The Hall–Kier alpha value is -0.840. The van der Waals surface area contributed by atoms with E-state index >= 15 is 0 Å². The average Bonchev–Trinajstić information content (AvgIpc) is 3.08. The number of nitrogens with one attached hydrogen (secondary N) is 1. The molecule has 2 aliphatic heterocycles. The average molecular weight is 281 g/mol. The zero-order valence-electron chi connectivity index (χ0n) is 11.4. The van der Waals surface area contributed by atoms with Crippen molar-refractivity contribution in [1.29, 1.82) is 0 Å². The molecule has 3 rings (SSSR count). The third kappa shape index (κ3) is 3.19. The van der Waals surface area contributed by atoms with Crippen LogP contribution in [0.15, 0.2) is 0 Å². The van der Waals surface area contributed by atoms with Gasteiger partial charge in [0.25, 0.3) is 0 Å². The first-order chi connectivity index (χ1) is 9.24. The summed E-state index contributed by atoms with van der Waals surface area (Å²) in [5, 5.41) is 4.25. The lowest BCUT2D eigenvalue weighted by molar-refractivity contribution is -0.135. The quantitative estimate of drug-likeness (QED) is 0.775. The summed E-state index contributed by atoms with van der Waals surface area (Å²) in [6.45, 7) is 3.73. The molecule has 0 aromatic carbocycles. The molecule has 1 aliphatic carbocycles. The Bertz CT molecular complexity index is 364. The molecule has 1 amide bonds. The number of carbonyl (C=O) groups excluding carboxylic acids is 1. The minimum absolute atomic E-state index is 0.158. The summed E-state index contributed by atoms with van der Waals surface area (Å²) in [6, 6.07) is 0.599. The predicted octanol–water partition coefficient (Wildman–Crippen LogP) is 1.36. The first kappa shape index (κ1) is 13.2. The summed E-state index contributed by atoms with van der Waals surface area (Å²) < 4.78 is 0. The van der Waals surface area contributed by atoms with Crippen molar-refractivity contribution in [3.05, 3.63) is 0 Å². The molecule has 2 saturated heterocycles. The zero-order chi connectivity index (χ0) is 13.2. The second-order valence-electron chi connectivity index (χ2n) is 6.04. The molecule has 2 heterocycles. The summed E-state index contributed by atoms with van der Waals surface area (Å²) in [5.74, 6) is 0.516. The molecule has 1 N–H and O–H groups in total. The molecule has 4 nitrogen and oxygen atoms in total. The van der Waals surface area contributed by atoms with Gasteiger partial charge in [-0.2, -0.15) is 0 Å². The van der Waals surface area contributed by atoms with Crippen LogP contribution in [0, 0.1) is 5.92 Å². The molecule has 1 unspecified atom stereocenters. The third-order valence-corrected chi connectivity index (χ3v) is 4.76. The van der Waals surface area contributed by atoms with Gasteiger partial charge >= 0.3 is 0 Å². The van der Waals surface area contributed by atoms with Crippen molar-refractivity contribution in [3.63, 3.8) is 0 Å². The molecule has 0 aromatic rings. The standard InChI is InChI=1S/C14H23N3OS/c18-13(16-7-1-2-8-16)11-4-3-9-17(10-11)14(19)15-12-5-6-12/h11-12H,1-10H2,(H,15,19). The van der Waals surface area contributed by atoms with Gasteiger partial charge in [0, 0.05) is 32.2 Å². The van der Waals surface area contributed by atoms with Crippen molar-refractivity contribution in [2.75, 3.05) is 26.2 Å². The van der Waals surface area contributed by atoms with Crippen LogP contribution in [0.2, 0.25) is 0 Å². The van der Waals surface area contributed by atoms with Crippen LogP contribution >= 0.6 is 12.2 Å². The lowest BCUT2D eigenvalue weighted by Gasteiger charge is -2.35. The zero-order valence-corrected chi connectivity index (χ0v) is 12.3. The minimum atomic E-state index is 0.158. The molecule has 19 heavy (non-hydrogen) atoms. The van der Waals surface area contributed by atoms with Gasteiger partial charge in [-0.25, -0.2) is 0 Å². The number of hydrogen-bond acceptors (Lipinski definition) is 2. The van der Waals surface area contributed by atoms with Gasteiger partial charge in [-0.1, -0.05) is 0 Å². The SMILES string of the molecule is O=C(C1CCCN(C(=S)NC2CC2)C1)N1CCCC1. The maximum Gasteiger partial charge on any atom is 0.227 e. The largest absolute Gasteiger partial charge is 0.360 e. The van der Waals surface area contributed by atoms with Crippen molar-refractivity contribution in [3.8, 4) is 0 Å². The van der Waals surface area contributed by atoms with Crippen molar-refractivity contribution in [2.24, 2.45) is 5.92 Å². The van der Waals surface area contributed by atoms with Crippen molar-refractivity contribution in [1.82, 2.24) is 15.1 Å². The van der Waals surface area contributed by atoms with Gasteiger partial charge in [-0.05, 0) is 50.7 Å². The van der Waals surface area contributed by atoms with E-state index in [-0.39, 0.29) is 5.92 Å². The van der Waals surface area contributed by atoms with Crippen LogP contribution in [-0.4, -0.2) is 53.0 Å². The molecule has 1 saturated carbocycles. The predicted molar refractivity (Wildman–Crippen MR) is 78.9 cm³/mol. The number of carbonyl (C=O) groups is 1. The molecule has 0 spiro atoms. The molecule has 0 bridgehead atoms. The number of amides is 1. The van der Waals surface area contributed by atoms with Gasteiger partial charge in [0.15, 0.2) is 5.11 Å². The highest BCUT2D eigenvalue weighted by Crippen LogP contribution is 2.23. The number of hydrogen-bond donors (Lipinski definition) is 1. The Morgan fingerprint density at radius 2 is 1.68 bits per heavy atom. The van der Waals surface area contributed by atoms with Gasteiger partial charge in [0.1, 0.15) is 0 Å². The van der Waals surface area contributed by atoms with Crippen molar-refractivity contribution in [2.45, 2.75) is 44.6 Å². The Morgan fingerprint density at radius 3 is 2.37 bits per heavy atom. The molecular weight excluding hydrogens is 258 g/mol. The molecular formula is C14H23N3OS. The van der Waals surface area contributed by atoms with E-state index in [1.54, 1.807) is 0 Å². The Kier molecular flexibility index (Phi) is 3.91. The molecule has 0 radical (unpaired) electrons. The van der Waals surface area contributed by atoms with E-state index in [2.05, 4.69) is 10.2 Å². The van der Waals surface area contributed by atoms with Gasteiger partial charge < -0.3 is 15.1 Å².